The predicted molar refractivity (Wildman–Crippen MR) is 85.9 cm³/mol. The van der Waals surface area contributed by atoms with Crippen molar-refractivity contribution in [1.82, 2.24) is 5.32 Å². The van der Waals surface area contributed by atoms with Crippen molar-refractivity contribution < 1.29 is 9.18 Å². The Morgan fingerprint density at radius 2 is 1.90 bits per heavy atom. The summed E-state index contributed by atoms with van der Waals surface area (Å²) in [5, 5.41) is 3.48. The first kappa shape index (κ1) is 15.9. The highest BCUT2D eigenvalue weighted by molar-refractivity contribution is 7.99. The van der Waals surface area contributed by atoms with Gasteiger partial charge in [0.1, 0.15) is 5.82 Å². The van der Waals surface area contributed by atoms with E-state index in [4.69, 9.17) is 11.6 Å². The highest BCUT2D eigenvalue weighted by Gasteiger charge is 2.03. The molecule has 0 spiro atoms. The molecular weight excluding hydrogens is 309 g/mol. The third-order valence-corrected chi connectivity index (χ3v) is 4.05. The molecule has 0 aromatic heterocycles. The van der Waals surface area contributed by atoms with Gasteiger partial charge in [0.2, 0.25) is 5.91 Å². The summed E-state index contributed by atoms with van der Waals surface area (Å²) < 4.78 is 13.0. The minimum absolute atomic E-state index is 0.0572. The summed E-state index contributed by atoms with van der Waals surface area (Å²) in [6.45, 7) is 0.345. The van der Waals surface area contributed by atoms with Gasteiger partial charge in [0, 0.05) is 17.3 Å². The number of hydrogen-bond donors (Lipinski definition) is 1. The third-order valence-electron chi connectivity index (χ3n) is 2.79. The fourth-order valence-corrected chi connectivity index (χ4v) is 2.68. The van der Waals surface area contributed by atoms with Gasteiger partial charge in [-0.3, -0.25) is 4.79 Å². The van der Waals surface area contributed by atoms with Crippen molar-refractivity contribution in [2.24, 2.45) is 0 Å². The first-order chi connectivity index (χ1) is 10.1. The van der Waals surface area contributed by atoms with Crippen LogP contribution in [0.15, 0.2) is 48.5 Å². The van der Waals surface area contributed by atoms with Crippen molar-refractivity contribution in [2.75, 3.05) is 5.75 Å². The molecule has 0 bridgehead atoms. The first-order valence-corrected chi connectivity index (χ1v) is 8.00. The Bertz CT molecular complexity index is 603. The number of benzene rings is 2. The molecule has 0 aliphatic carbocycles. The van der Waals surface area contributed by atoms with Gasteiger partial charge in [0.15, 0.2) is 0 Å². The Labute approximate surface area is 132 Å². The molecule has 110 valence electrons. The van der Waals surface area contributed by atoms with E-state index < -0.39 is 0 Å². The number of hydrogen-bond acceptors (Lipinski definition) is 2. The molecule has 1 N–H and O–H groups in total. The number of amides is 1. The third kappa shape index (κ3) is 5.78. The van der Waals surface area contributed by atoms with Gasteiger partial charge in [0.25, 0.3) is 0 Å². The Morgan fingerprint density at radius 1 is 1.14 bits per heavy atom. The quantitative estimate of drug-likeness (QED) is 0.869. The second kappa shape index (κ2) is 8.05. The Kier molecular flexibility index (Phi) is 6.08. The smallest absolute Gasteiger partial charge is 0.230 e. The second-order valence-electron chi connectivity index (χ2n) is 4.53. The molecule has 1 amide bonds. The van der Waals surface area contributed by atoms with Crippen LogP contribution in [0.3, 0.4) is 0 Å². The lowest BCUT2D eigenvalue weighted by molar-refractivity contribution is -0.118. The highest BCUT2D eigenvalue weighted by Crippen LogP contribution is 2.15. The number of rotatable bonds is 6. The van der Waals surface area contributed by atoms with Crippen LogP contribution in [0.25, 0.3) is 0 Å². The van der Waals surface area contributed by atoms with E-state index in [0.29, 0.717) is 17.3 Å². The maximum atomic E-state index is 13.0. The van der Waals surface area contributed by atoms with Crippen molar-refractivity contribution in [3.63, 3.8) is 0 Å². The molecular formula is C16H15ClFNOS. The summed E-state index contributed by atoms with van der Waals surface area (Å²) in [4.78, 5) is 11.7. The molecule has 0 saturated heterocycles. The van der Waals surface area contributed by atoms with Gasteiger partial charge in [-0.05, 0) is 35.4 Å². The van der Waals surface area contributed by atoms with Gasteiger partial charge in [0.05, 0.1) is 5.75 Å². The zero-order valence-corrected chi connectivity index (χ0v) is 12.9. The van der Waals surface area contributed by atoms with Gasteiger partial charge in [-0.1, -0.05) is 35.9 Å². The van der Waals surface area contributed by atoms with Crippen LogP contribution >= 0.6 is 23.4 Å². The number of thioether (sulfide) groups is 1. The minimum Gasteiger partial charge on any atom is -0.351 e. The summed E-state index contributed by atoms with van der Waals surface area (Å²) in [5.41, 5.74) is 1.88. The van der Waals surface area contributed by atoms with E-state index >= 15 is 0 Å². The average Bonchev–Trinajstić information content (AvgIpc) is 2.47. The van der Waals surface area contributed by atoms with E-state index in [-0.39, 0.29) is 11.7 Å². The Hall–Kier alpha value is -1.52. The van der Waals surface area contributed by atoms with Crippen LogP contribution < -0.4 is 5.32 Å². The maximum absolute atomic E-state index is 13.0. The molecule has 2 aromatic carbocycles. The van der Waals surface area contributed by atoms with E-state index in [1.807, 2.05) is 24.3 Å². The Morgan fingerprint density at radius 3 is 2.62 bits per heavy atom. The van der Waals surface area contributed by atoms with Crippen LogP contribution in [0.5, 0.6) is 0 Å². The zero-order chi connectivity index (χ0) is 15.1. The molecule has 5 heteroatoms. The first-order valence-electron chi connectivity index (χ1n) is 6.47. The fourth-order valence-electron chi connectivity index (χ4n) is 1.74. The summed E-state index contributed by atoms with van der Waals surface area (Å²) in [6, 6.07) is 13.8. The lowest BCUT2D eigenvalue weighted by atomic mass is 10.2. The lowest BCUT2D eigenvalue weighted by Crippen LogP contribution is -2.24. The molecule has 0 fully saturated rings. The molecule has 2 rings (SSSR count). The van der Waals surface area contributed by atoms with Crippen LogP contribution in [0.1, 0.15) is 11.1 Å². The van der Waals surface area contributed by atoms with Crippen LogP contribution in [-0.2, 0) is 17.1 Å². The van der Waals surface area contributed by atoms with Crippen LogP contribution in [0.4, 0.5) is 4.39 Å². The molecule has 0 radical (unpaired) electrons. The van der Waals surface area contributed by atoms with Crippen molar-refractivity contribution in [3.8, 4) is 0 Å². The van der Waals surface area contributed by atoms with Crippen molar-refractivity contribution >= 4 is 29.3 Å². The van der Waals surface area contributed by atoms with Gasteiger partial charge in [-0.25, -0.2) is 4.39 Å². The van der Waals surface area contributed by atoms with Gasteiger partial charge >= 0.3 is 0 Å². The topological polar surface area (TPSA) is 29.1 Å². The number of nitrogens with one attached hydrogen (secondary N) is 1. The van der Waals surface area contributed by atoms with Gasteiger partial charge < -0.3 is 5.32 Å². The summed E-state index contributed by atoms with van der Waals surface area (Å²) in [6.07, 6.45) is 0. The number of carbonyl (C=O) groups excluding carboxylic acids is 1. The van der Waals surface area contributed by atoms with E-state index in [9.17, 15) is 9.18 Å². The number of carbonyl (C=O) groups is 1. The summed E-state index contributed by atoms with van der Waals surface area (Å²) >= 11 is 7.34. The monoisotopic (exact) mass is 323 g/mol. The van der Waals surface area contributed by atoms with Gasteiger partial charge in [-0.15, -0.1) is 11.8 Å². The summed E-state index contributed by atoms with van der Waals surface area (Å²) in [5.74, 6) is 0.778. The minimum atomic E-state index is -0.293. The zero-order valence-electron chi connectivity index (χ0n) is 11.3. The van der Waals surface area contributed by atoms with Crippen molar-refractivity contribution in [3.05, 3.63) is 70.5 Å². The highest BCUT2D eigenvalue weighted by atomic mass is 35.5. The molecule has 0 saturated carbocycles. The lowest BCUT2D eigenvalue weighted by Gasteiger charge is -2.06. The van der Waals surface area contributed by atoms with E-state index in [2.05, 4.69) is 5.32 Å². The normalized spacial score (nSPS) is 10.4. The molecule has 0 heterocycles. The van der Waals surface area contributed by atoms with Crippen molar-refractivity contribution in [1.29, 1.82) is 0 Å². The molecule has 0 aliphatic rings. The van der Waals surface area contributed by atoms with E-state index in [1.54, 1.807) is 12.1 Å². The number of halogens is 2. The van der Waals surface area contributed by atoms with E-state index in [0.717, 1.165) is 16.9 Å². The fraction of sp³-hybridized carbons (Fsp3) is 0.188. The molecule has 2 nitrogen and oxygen atoms in total. The maximum Gasteiger partial charge on any atom is 0.230 e. The molecule has 2 aromatic rings. The van der Waals surface area contributed by atoms with Crippen LogP contribution in [-0.4, -0.2) is 11.7 Å². The predicted octanol–water partition coefficient (Wildman–Crippen LogP) is 4.03. The largest absolute Gasteiger partial charge is 0.351 e. The molecule has 0 aliphatic heterocycles. The average molecular weight is 324 g/mol. The van der Waals surface area contributed by atoms with Crippen molar-refractivity contribution in [2.45, 2.75) is 12.3 Å². The van der Waals surface area contributed by atoms with Crippen LogP contribution in [0, 0.1) is 5.82 Å². The van der Waals surface area contributed by atoms with Crippen LogP contribution in [0.2, 0.25) is 5.02 Å². The SMILES string of the molecule is O=C(CSCc1ccc(Cl)cc1)NCc1cccc(F)c1. The Balaban J connectivity index is 1.69. The van der Waals surface area contributed by atoms with E-state index in [1.165, 1.54) is 23.9 Å². The molecule has 0 unspecified atom stereocenters. The molecule has 21 heavy (non-hydrogen) atoms. The summed E-state index contributed by atoms with van der Waals surface area (Å²) in [7, 11) is 0. The standard InChI is InChI=1S/C16H15ClFNOS/c17-14-6-4-12(5-7-14)10-21-11-16(20)19-9-13-2-1-3-15(18)8-13/h1-8H,9-11H2,(H,19,20). The van der Waals surface area contributed by atoms with Gasteiger partial charge in [-0.2, -0.15) is 0 Å². The second-order valence-corrected chi connectivity index (χ2v) is 5.95. The molecule has 0 atom stereocenters.